The van der Waals surface area contributed by atoms with Crippen molar-refractivity contribution >= 4 is 0 Å². The Balaban J connectivity index is 2.28. The van der Waals surface area contributed by atoms with Gasteiger partial charge in [-0.05, 0) is 26.3 Å². The van der Waals surface area contributed by atoms with E-state index in [2.05, 4.69) is 6.92 Å². The van der Waals surface area contributed by atoms with Gasteiger partial charge in [0.15, 0.2) is 0 Å². The molecule has 106 valence electrons. The Hall–Kier alpha value is -1.06. The summed E-state index contributed by atoms with van der Waals surface area (Å²) in [7, 11) is 0. The second kappa shape index (κ2) is 5.93. The molecule has 1 aromatic rings. The molecule has 0 saturated carbocycles. The molecule has 0 aliphatic carbocycles. The van der Waals surface area contributed by atoms with Crippen molar-refractivity contribution < 1.29 is 14.6 Å². The van der Waals surface area contributed by atoms with Crippen molar-refractivity contribution in [2.24, 2.45) is 0 Å². The van der Waals surface area contributed by atoms with Crippen LogP contribution in [-0.2, 0) is 10.3 Å². The number of ether oxygens (including phenoxy) is 2. The zero-order valence-electron chi connectivity index (χ0n) is 12.1. The smallest absolute Gasteiger partial charge is 0.125 e. The van der Waals surface area contributed by atoms with E-state index in [1.807, 2.05) is 38.1 Å². The van der Waals surface area contributed by atoms with Crippen molar-refractivity contribution in [3.05, 3.63) is 29.8 Å². The van der Waals surface area contributed by atoms with Gasteiger partial charge in [-0.15, -0.1) is 0 Å². The Labute approximate surface area is 115 Å². The maximum absolute atomic E-state index is 11.0. The monoisotopic (exact) mass is 264 g/mol. The van der Waals surface area contributed by atoms with Crippen molar-refractivity contribution in [2.75, 3.05) is 6.61 Å². The first-order chi connectivity index (χ1) is 9.05. The third-order valence-electron chi connectivity index (χ3n) is 3.57. The third kappa shape index (κ3) is 3.28. The van der Waals surface area contributed by atoms with Gasteiger partial charge in [-0.2, -0.15) is 0 Å². The van der Waals surface area contributed by atoms with Gasteiger partial charge in [-0.25, -0.2) is 0 Å². The predicted octanol–water partition coefficient (Wildman–Crippen LogP) is 3.25. The summed E-state index contributed by atoms with van der Waals surface area (Å²) in [6, 6.07) is 7.81. The molecule has 0 bridgehead atoms. The molecule has 0 spiro atoms. The molecule has 1 aromatic carbocycles. The van der Waals surface area contributed by atoms with Crippen molar-refractivity contribution in [1.29, 1.82) is 0 Å². The van der Waals surface area contributed by atoms with Gasteiger partial charge in [-0.3, -0.25) is 0 Å². The van der Waals surface area contributed by atoms with Crippen molar-refractivity contribution in [2.45, 2.75) is 57.8 Å². The molecule has 3 heteroatoms. The van der Waals surface area contributed by atoms with Gasteiger partial charge in [-0.1, -0.05) is 25.1 Å². The zero-order chi connectivity index (χ0) is 13.9. The lowest BCUT2D eigenvalue weighted by atomic mass is 9.81. The van der Waals surface area contributed by atoms with Gasteiger partial charge < -0.3 is 14.6 Å². The van der Waals surface area contributed by atoms with Crippen LogP contribution < -0.4 is 4.74 Å². The van der Waals surface area contributed by atoms with E-state index in [0.717, 1.165) is 17.7 Å². The second-order valence-electron chi connectivity index (χ2n) is 5.54. The minimum absolute atomic E-state index is 0.0629. The van der Waals surface area contributed by atoms with E-state index >= 15 is 0 Å². The largest absolute Gasteiger partial charge is 0.493 e. The Kier molecular flexibility index (Phi) is 4.48. The van der Waals surface area contributed by atoms with Crippen LogP contribution in [0.5, 0.6) is 5.75 Å². The van der Waals surface area contributed by atoms with E-state index in [9.17, 15) is 5.11 Å². The molecule has 1 fully saturated rings. The van der Waals surface area contributed by atoms with E-state index in [0.29, 0.717) is 19.4 Å². The summed E-state index contributed by atoms with van der Waals surface area (Å²) in [4.78, 5) is 0. The van der Waals surface area contributed by atoms with Crippen molar-refractivity contribution in [3.63, 3.8) is 0 Å². The third-order valence-corrected chi connectivity index (χ3v) is 3.57. The van der Waals surface area contributed by atoms with E-state index in [-0.39, 0.29) is 12.2 Å². The Morgan fingerprint density at radius 1 is 1.26 bits per heavy atom. The highest BCUT2D eigenvalue weighted by molar-refractivity contribution is 5.38. The fourth-order valence-electron chi connectivity index (χ4n) is 2.94. The zero-order valence-corrected chi connectivity index (χ0v) is 12.1. The molecular weight excluding hydrogens is 240 g/mol. The molecule has 1 heterocycles. The van der Waals surface area contributed by atoms with Crippen LogP contribution >= 0.6 is 0 Å². The predicted molar refractivity (Wildman–Crippen MR) is 75.4 cm³/mol. The first-order valence-corrected chi connectivity index (χ1v) is 7.15. The fraction of sp³-hybridized carbons (Fsp3) is 0.625. The van der Waals surface area contributed by atoms with Crippen LogP contribution in [0, 0.1) is 0 Å². The maximum atomic E-state index is 11.0. The molecule has 0 amide bonds. The summed E-state index contributed by atoms with van der Waals surface area (Å²) in [5.74, 6) is 0.799. The number of hydrogen-bond donors (Lipinski definition) is 1. The number of para-hydroxylation sites is 1. The molecular formula is C16H24O3. The van der Waals surface area contributed by atoms with E-state index in [1.165, 1.54) is 0 Å². The lowest BCUT2D eigenvalue weighted by molar-refractivity contribution is -0.136. The highest BCUT2D eigenvalue weighted by Gasteiger charge is 2.39. The van der Waals surface area contributed by atoms with Crippen LogP contribution in [0.2, 0.25) is 0 Å². The number of benzene rings is 1. The van der Waals surface area contributed by atoms with Crippen LogP contribution in [0.25, 0.3) is 0 Å². The fourth-order valence-corrected chi connectivity index (χ4v) is 2.94. The molecule has 1 N–H and O–H groups in total. The van der Waals surface area contributed by atoms with Crippen molar-refractivity contribution in [1.82, 2.24) is 0 Å². The molecule has 1 saturated heterocycles. The first kappa shape index (κ1) is 14.4. The van der Waals surface area contributed by atoms with Gasteiger partial charge in [0.05, 0.1) is 24.4 Å². The molecule has 1 aliphatic heterocycles. The summed E-state index contributed by atoms with van der Waals surface area (Å²) in [5, 5.41) is 11.0. The SMILES string of the molecule is CCCOc1ccccc1C1(O)CC(C)OC(C)C1. The van der Waals surface area contributed by atoms with Gasteiger partial charge in [0.25, 0.3) is 0 Å². The average molecular weight is 264 g/mol. The molecule has 2 atom stereocenters. The Morgan fingerprint density at radius 2 is 1.89 bits per heavy atom. The minimum atomic E-state index is -0.846. The van der Waals surface area contributed by atoms with Crippen LogP contribution in [0.3, 0.4) is 0 Å². The van der Waals surface area contributed by atoms with Crippen LogP contribution in [-0.4, -0.2) is 23.9 Å². The number of rotatable bonds is 4. The lowest BCUT2D eigenvalue weighted by Gasteiger charge is -2.40. The highest BCUT2D eigenvalue weighted by atomic mass is 16.5. The normalized spacial score (nSPS) is 31.2. The first-order valence-electron chi connectivity index (χ1n) is 7.15. The van der Waals surface area contributed by atoms with Crippen molar-refractivity contribution in [3.8, 4) is 5.75 Å². The summed E-state index contributed by atoms with van der Waals surface area (Å²) < 4.78 is 11.5. The molecule has 2 rings (SSSR count). The van der Waals surface area contributed by atoms with E-state index in [1.54, 1.807) is 0 Å². The van der Waals surface area contributed by atoms with Crippen LogP contribution in [0.1, 0.15) is 45.6 Å². The molecule has 2 unspecified atom stereocenters. The van der Waals surface area contributed by atoms with Gasteiger partial charge >= 0.3 is 0 Å². The quantitative estimate of drug-likeness (QED) is 0.907. The number of aliphatic hydroxyl groups is 1. The van der Waals surface area contributed by atoms with Gasteiger partial charge in [0.1, 0.15) is 5.75 Å². The average Bonchev–Trinajstić information content (AvgIpc) is 2.35. The summed E-state index contributed by atoms with van der Waals surface area (Å²) in [6.45, 7) is 6.77. The van der Waals surface area contributed by atoms with E-state index in [4.69, 9.17) is 9.47 Å². The topological polar surface area (TPSA) is 38.7 Å². The molecule has 3 nitrogen and oxygen atoms in total. The van der Waals surface area contributed by atoms with E-state index < -0.39 is 5.60 Å². The molecule has 0 radical (unpaired) electrons. The number of hydrogen-bond acceptors (Lipinski definition) is 3. The Bertz CT molecular complexity index is 406. The second-order valence-corrected chi connectivity index (χ2v) is 5.54. The molecule has 1 aliphatic rings. The maximum Gasteiger partial charge on any atom is 0.125 e. The summed E-state index contributed by atoms with van der Waals surface area (Å²) in [5.41, 5.74) is 0.0481. The highest BCUT2D eigenvalue weighted by Crippen LogP contribution is 2.41. The van der Waals surface area contributed by atoms with Crippen LogP contribution in [0.4, 0.5) is 0 Å². The standard InChI is InChI=1S/C16H24O3/c1-4-9-18-15-8-6-5-7-14(15)16(17)10-12(2)19-13(3)11-16/h5-8,12-13,17H,4,9-11H2,1-3H3. The minimum Gasteiger partial charge on any atom is -0.493 e. The Morgan fingerprint density at radius 3 is 2.53 bits per heavy atom. The lowest BCUT2D eigenvalue weighted by Crippen LogP contribution is -2.41. The van der Waals surface area contributed by atoms with Crippen LogP contribution in [0.15, 0.2) is 24.3 Å². The molecule has 0 aromatic heterocycles. The van der Waals surface area contributed by atoms with Gasteiger partial charge in [0, 0.05) is 18.4 Å². The van der Waals surface area contributed by atoms with Gasteiger partial charge in [0.2, 0.25) is 0 Å². The summed E-state index contributed by atoms with van der Waals surface area (Å²) in [6.07, 6.45) is 2.32. The molecule has 19 heavy (non-hydrogen) atoms. The summed E-state index contributed by atoms with van der Waals surface area (Å²) >= 11 is 0.